The Kier molecular flexibility index (Phi) is 7.61. The lowest BCUT2D eigenvalue weighted by molar-refractivity contribution is -0.145. The first-order valence-electron chi connectivity index (χ1n) is 6.68. The third-order valence-electron chi connectivity index (χ3n) is 2.95. The molecular weight excluding hydrogens is 320 g/mol. The number of benzene rings is 1. The number of aliphatic hydroxyl groups is 1. The number of nitrogens with zero attached hydrogens (tertiary/aromatic N) is 1. The molecule has 0 saturated carbocycles. The van der Waals surface area contributed by atoms with E-state index in [0.29, 0.717) is 5.56 Å². The molecule has 0 radical (unpaired) electrons. The Hall–Kier alpha value is -0.830. The van der Waals surface area contributed by atoms with E-state index >= 15 is 0 Å². The van der Waals surface area contributed by atoms with Crippen LogP contribution >= 0.6 is 11.8 Å². The van der Waals surface area contributed by atoms with Crippen molar-refractivity contribution >= 4 is 11.8 Å². The molecule has 3 nitrogen and oxygen atoms in total. The molecule has 1 rings (SSSR count). The number of hydrogen-bond acceptors (Lipinski definition) is 4. The molecule has 1 atom stereocenters. The maximum Gasteiger partial charge on any atom is 0.401 e. The summed E-state index contributed by atoms with van der Waals surface area (Å²) in [6, 6.07) is 4.76. The first-order valence-corrected chi connectivity index (χ1v) is 7.91. The van der Waals surface area contributed by atoms with Gasteiger partial charge in [0.25, 0.3) is 0 Å². The Morgan fingerprint density at radius 2 is 2.05 bits per heavy atom. The van der Waals surface area contributed by atoms with Crippen LogP contribution in [0.2, 0.25) is 0 Å². The molecule has 0 aromatic heterocycles. The number of nitrogens with one attached hydrogen (secondary N) is 1. The van der Waals surface area contributed by atoms with Crippen LogP contribution in [-0.2, 0) is 6.54 Å². The molecule has 126 valence electrons. The largest absolute Gasteiger partial charge is 0.401 e. The Morgan fingerprint density at radius 1 is 1.36 bits per heavy atom. The van der Waals surface area contributed by atoms with E-state index in [4.69, 9.17) is 0 Å². The van der Waals surface area contributed by atoms with E-state index in [2.05, 4.69) is 5.32 Å². The summed E-state index contributed by atoms with van der Waals surface area (Å²) in [5, 5.41) is 12.6. The van der Waals surface area contributed by atoms with Crippen LogP contribution in [-0.4, -0.2) is 55.2 Å². The van der Waals surface area contributed by atoms with Gasteiger partial charge in [-0.15, -0.1) is 11.8 Å². The maximum atomic E-state index is 13.7. The van der Waals surface area contributed by atoms with Gasteiger partial charge in [0.1, 0.15) is 5.82 Å². The molecule has 22 heavy (non-hydrogen) atoms. The van der Waals surface area contributed by atoms with Gasteiger partial charge < -0.3 is 10.4 Å². The molecule has 0 aliphatic carbocycles. The second-order valence-corrected chi connectivity index (χ2v) is 5.87. The maximum absolute atomic E-state index is 13.7. The fourth-order valence-electron chi connectivity index (χ4n) is 2.06. The van der Waals surface area contributed by atoms with Crippen molar-refractivity contribution in [1.29, 1.82) is 0 Å². The number of alkyl halides is 3. The van der Waals surface area contributed by atoms with Crippen LogP contribution in [0.1, 0.15) is 5.56 Å². The summed E-state index contributed by atoms with van der Waals surface area (Å²) < 4.78 is 50.2. The summed E-state index contributed by atoms with van der Waals surface area (Å²) in [5.74, 6) is -0.344. The molecule has 0 aliphatic rings. The van der Waals surface area contributed by atoms with Crippen LogP contribution in [0.3, 0.4) is 0 Å². The SMILES string of the molecule is CSc1cccc(F)c1CNCC(O)CN(C)CC(F)(F)F. The summed E-state index contributed by atoms with van der Waals surface area (Å²) in [6.45, 7) is -0.888. The molecule has 1 unspecified atom stereocenters. The van der Waals surface area contributed by atoms with Gasteiger partial charge in [-0.3, -0.25) is 4.90 Å². The van der Waals surface area contributed by atoms with Crippen LogP contribution in [0.4, 0.5) is 17.6 Å². The van der Waals surface area contributed by atoms with Crippen molar-refractivity contribution in [2.24, 2.45) is 0 Å². The van der Waals surface area contributed by atoms with Crippen molar-refractivity contribution in [3.8, 4) is 0 Å². The van der Waals surface area contributed by atoms with Gasteiger partial charge in [0.05, 0.1) is 12.6 Å². The molecule has 1 aromatic rings. The first kappa shape index (κ1) is 19.2. The van der Waals surface area contributed by atoms with Crippen molar-refractivity contribution < 1.29 is 22.7 Å². The smallest absolute Gasteiger partial charge is 0.390 e. The summed E-state index contributed by atoms with van der Waals surface area (Å²) in [4.78, 5) is 1.79. The van der Waals surface area contributed by atoms with E-state index in [1.165, 1.54) is 24.9 Å². The predicted molar refractivity (Wildman–Crippen MR) is 79.4 cm³/mol. The normalized spacial score (nSPS) is 13.6. The molecule has 0 fully saturated rings. The zero-order valence-corrected chi connectivity index (χ0v) is 13.3. The van der Waals surface area contributed by atoms with Crippen LogP contribution < -0.4 is 5.32 Å². The molecule has 0 spiro atoms. The molecule has 0 bridgehead atoms. The van der Waals surface area contributed by atoms with E-state index in [-0.39, 0.29) is 25.5 Å². The molecule has 0 aliphatic heterocycles. The number of rotatable bonds is 8. The minimum absolute atomic E-state index is 0.0877. The van der Waals surface area contributed by atoms with Crippen molar-refractivity contribution in [2.75, 3.05) is 32.9 Å². The summed E-state index contributed by atoms with van der Waals surface area (Å²) >= 11 is 1.41. The second-order valence-electron chi connectivity index (χ2n) is 5.02. The van der Waals surface area contributed by atoms with Gasteiger partial charge >= 0.3 is 6.18 Å². The molecule has 1 aromatic carbocycles. The Bertz CT molecular complexity index is 471. The zero-order valence-electron chi connectivity index (χ0n) is 12.5. The first-order chi connectivity index (χ1) is 10.2. The van der Waals surface area contributed by atoms with Gasteiger partial charge in [-0.1, -0.05) is 6.07 Å². The van der Waals surface area contributed by atoms with E-state index in [0.717, 1.165) is 9.80 Å². The summed E-state index contributed by atoms with van der Waals surface area (Å²) in [6.07, 6.45) is -3.42. The lowest BCUT2D eigenvalue weighted by Gasteiger charge is -2.22. The Balaban J connectivity index is 2.41. The fraction of sp³-hybridized carbons (Fsp3) is 0.571. The number of hydrogen-bond donors (Lipinski definition) is 2. The number of halogens is 4. The minimum atomic E-state index is -4.29. The molecule has 0 amide bonds. The van der Waals surface area contributed by atoms with Crippen molar-refractivity contribution in [1.82, 2.24) is 10.2 Å². The fourth-order valence-corrected chi connectivity index (χ4v) is 2.69. The number of likely N-dealkylation sites (N-methyl/N-ethyl adjacent to an activating group) is 1. The van der Waals surface area contributed by atoms with Gasteiger partial charge in [-0.25, -0.2) is 4.39 Å². The average molecular weight is 340 g/mol. The van der Waals surface area contributed by atoms with Crippen LogP contribution in [0.25, 0.3) is 0 Å². The second kappa shape index (κ2) is 8.71. The highest BCUT2D eigenvalue weighted by atomic mass is 32.2. The van der Waals surface area contributed by atoms with Crippen molar-refractivity contribution in [2.45, 2.75) is 23.7 Å². The quantitative estimate of drug-likeness (QED) is 0.563. The highest BCUT2D eigenvalue weighted by Crippen LogP contribution is 2.22. The predicted octanol–water partition coefficient (Wildman–Crippen LogP) is 2.49. The van der Waals surface area contributed by atoms with Crippen LogP contribution in [0, 0.1) is 5.82 Å². The van der Waals surface area contributed by atoms with Crippen LogP contribution in [0.5, 0.6) is 0 Å². The van der Waals surface area contributed by atoms with E-state index in [1.807, 2.05) is 6.26 Å². The van der Waals surface area contributed by atoms with Gasteiger partial charge in [-0.05, 0) is 25.4 Å². The average Bonchev–Trinajstić information content (AvgIpc) is 2.38. The highest BCUT2D eigenvalue weighted by Gasteiger charge is 2.29. The van der Waals surface area contributed by atoms with Gasteiger partial charge in [0.15, 0.2) is 0 Å². The Labute approximate surface area is 131 Å². The molecular formula is C14H20F4N2OS. The number of thioether (sulfide) groups is 1. The zero-order chi connectivity index (χ0) is 16.8. The topological polar surface area (TPSA) is 35.5 Å². The lowest BCUT2D eigenvalue weighted by Crippen LogP contribution is -2.40. The lowest BCUT2D eigenvalue weighted by atomic mass is 10.2. The summed E-state index contributed by atoms with van der Waals surface area (Å²) in [5.41, 5.74) is 0.492. The van der Waals surface area contributed by atoms with Gasteiger partial charge in [-0.2, -0.15) is 13.2 Å². The van der Waals surface area contributed by atoms with Gasteiger partial charge in [0, 0.05) is 30.1 Å². The summed E-state index contributed by atoms with van der Waals surface area (Å²) in [7, 11) is 1.29. The van der Waals surface area contributed by atoms with E-state index in [9.17, 15) is 22.7 Å². The third-order valence-corrected chi connectivity index (χ3v) is 3.77. The van der Waals surface area contributed by atoms with Crippen molar-refractivity contribution in [3.05, 3.63) is 29.6 Å². The van der Waals surface area contributed by atoms with Crippen molar-refractivity contribution in [3.63, 3.8) is 0 Å². The molecule has 2 N–H and O–H groups in total. The Morgan fingerprint density at radius 3 is 2.64 bits per heavy atom. The van der Waals surface area contributed by atoms with Gasteiger partial charge in [0.2, 0.25) is 0 Å². The van der Waals surface area contributed by atoms with E-state index in [1.54, 1.807) is 12.1 Å². The minimum Gasteiger partial charge on any atom is -0.390 e. The van der Waals surface area contributed by atoms with E-state index < -0.39 is 18.8 Å². The molecule has 8 heteroatoms. The highest BCUT2D eigenvalue weighted by molar-refractivity contribution is 7.98. The molecule has 0 heterocycles. The molecule has 0 saturated heterocycles. The number of aliphatic hydroxyl groups excluding tert-OH is 1. The van der Waals surface area contributed by atoms with Crippen LogP contribution in [0.15, 0.2) is 23.1 Å². The standard InChI is InChI=1S/C14H20F4N2OS/c1-20(9-14(16,17)18)8-10(21)6-19-7-11-12(15)4-3-5-13(11)22-2/h3-5,10,19,21H,6-9H2,1-2H3. The third kappa shape index (κ3) is 6.95. The monoisotopic (exact) mass is 340 g/mol.